The Hall–Kier alpha value is -2.89. The Morgan fingerprint density at radius 3 is 2.33 bits per heavy atom. The first-order valence-electron chi connectivity index (χ1n) is 8.79. The fourth-order valence-electron chi connectivity index (χ4n) is 3.16. The number of aromatic nitrogens is 1. The molecule has 144 valence electrons. The second-order valence-corrected chi connectivity index (χ2v) is 6.94. The van der Waals surface area contributed by atoms with E-state index in [9.17, 15) is 14.4 Å². The zero-order chi connectivity index (χ0) is 20.3. The molecule has 1 aromatic heterocycles. The van der Waals surface area contributed by atoms with E-state index in [0.717, 1.165) is 11.1 Å². The van der Waals surface area contributed by atoms with Crippen LogP contribution in [0.4, 0.5) is 0 Å². The average molecular weight is 370 g/mol. The lowest BCUT2D eigenvalue weighted by Gasteiger charge is -2.18. The van der Waals surface area contributed by atoms with Crippen LogP contribution in [-0.4, -0.2) is 41.2 Å². The monoisotopic (exact) mass is 370 g/mol. The SMILES string of the molecule is CC(=O)c1c(C)[nH]c(C(=O)OCC(=O)N(C)Cc2ccc(C)cc2C)c1C. The Kier molecular flexibility index (Phi) is 6.20. The van der Waals surface area contributed by atoms with Crippen molar-refractivity contribution in [1.82, 2.24) is 9.88 Å². The van der Waals surface area contributed by atoms with E-state index in [1.807, 2.05) is 26.0 Å². The number of Topliss-reactive ketones (excluding diaryl/α,β-unsaturated/α-hetero) is 1. The summed E-state index contributed by atoms with van der Waals surface area (Å²) in [6.07, 6.45) is 0. The van der Waals surface area contributed by atoms with Crippen LogP contribution in [0.1, 0.15) is 55.7 Å². The molecule has 2 aromatic rings. The van der Waals surface area contributed by atoms with Gasteiger partial charge in [0.05, 0.1) is 0 Å². The summed E-state index contributed by atoms with van der Waals surface area (Å²) in [6.45, 7) is 8.97. The van der Waals surface area contributed by atoms with Crippen molar-refractivity contribution < 1.29 is 19.1 Å². The standard InChI is InChI=1S/C21H26N2O4/c1-12-7-8-17(13(2)9-12)10-23(6)18(25)11-27-21(26)20-14(3)19(16(5)24)15(4)22-20/h7-9,22H,10-11H2,1-6H3. The fraction of sp³-hybridized carbons (Fsp3) is 0.381. The van der Waals surface area contributed by atoms with E-state index in [4.69, 9.17) is 4.74 Å². The van der Waals surface area contributed by atoms with Gasteiger partial charge in [-0.2, -0.15) is 0 Å². The van der Waals surface area contributed by atoms with Gasteiger partial charge in [-0.15, -0.1) is 0 Å². The number of benzene rings is 1. The molecule has 0 aliphatic heterocycles. The maximum absolute atomic E-state index is 12.3. The van der Waals surface area contributed by atoms with Crippen LogP contribution in [0.3, 0.4) is 0 Å². The number of rotatable bonds is 6. The van der Waals surface area contributed by atoms with Crippen LogP contribution in [0.5, 0.6) is 0 Å². The molecule has 0 aliphatic carbocycles. The highest BCUT2D eigenvalue weighted by Crippen LogP contribution is 2.19. The number of ether oxygens (including phenoxy) is 1. The van der Waals surface area contributed by atoms with Gasteiger partial charge in [0.2, 0.25) is 0 Å². The van der Waals surface area contributed by atoms with Crippen LogP contribution in [0.2, 0.25) is 0 Å². The predicted molar refractivity (Wildman–Crippen MR) is 103 cm³/mol. The largest absolute Gasteiger partial charge is 0.451 e. The number of H-pyrrole nitrogens is 1. The third-order valence-corrected chi connectivity index (χ3v) is 4.65. The molecule has 0 aliphatic rings. The minimum atomic E-state index is -0.642. The smallest absolute Gasteiger partial charge is 0.355 e. The predicted octanol–water partition coefficient (Wildman–Crippen LogP) is 3.27. The number of hydrogen-bond donors (Lipinski definition) is 1. The first kappa shape index (κ1) is 20.4. The molecular weight excluding hydrogens is 344 g/mol. The van der Waals surface area contributed by atoms with Crippen LogP contribution >= 0.6 is 0 Å². The van der Waals surface area contributed by atoms with Crippen molar-refractivity contribution >= 4 is 17.7 Å². The molecule has 6 nitrogen and oxygen atoms in total. The lowest BCUT2D eigenvalue weighted by molar-refractivity contribution is -0.133. The zero-order valence-electron chi connectivity index (χ0n) is 16.7. The van der Waals surface area contributed by atoms with Crippen LogP contribution in [0.15, 0.2) is 18.2 Å². The van der Waals surface area contributed by atoms with Crippen molar-refractivity contribution in [3.63, 3.8) is 0 Å². The number of aromatic amines is 1. The maximum Gasteiger partial charge on any atom is 0.355 e. The Bertz CT molecular complexity index is 896. The average Bonchev–Trinajstić information content (AvgIpc) is 2.89. The first-order valence-corrected chi connectivity index (χ1v) is 8.79. The summed E-state index contributed by atoms with van der Waals surface area (Å²) in [5.74, 6) is -1.06. The Morgan fingerprint density at radius 2 is 1.78 bits per heavy atom. The lowest BCUT2D eigenvalue weighted by atomic mass is 10.1. The molecule has 2 rings (SSSR count). The van der Waals surface area contributed by atoms with Crippen LogP contribution < -0.4 is 0 Å². The zero-order valence-corrected chi connectivity index (χ0v) is 16.7. The molecule has 1 aromatic carbocycles. The number of aryl methyl sites for hydroxylation is 3. The van der Waals surface area contributed by atoms with E-state index < -0.39 is 5.97 Å². The molecule has 0 atom stereocenters. The molecule has 0 bridgehead atoms. The van der Waals surface area contributed by atoms with Gasteiger partial charge in [-0.3, -0.25) is 9.59 Å². The van der Waals surface area contributed by atoms with E-state index in [1.54, 1.807) is 20.9 Å². The number of likely N-dealkylation sites (N-methyl/N-ethyl adjacent to an activating group) is 1. The number of hydrogen-bond acceptors (Lipinski definition) is 4. The van der Waals surface area contributed by atoms with E-state index in [0.29, 0.717) is 23.4 Å². The number of amides is 1. The van der Waals surface area contributed by atoms with E-state index in [1.165, 1.54) is 17.4 Å². The van der Waals surface area contributed by atoms with Gasteiger partial charge in [-0.1, -0.05) is 23.8 Å². The Morgan fingerprint density at radius 1 is 1.11 bits per heavy atom. The Labute approximate surface area is 159 Å². The van der Waals surface area contributed by atoms with Crippen LogP contribution in [0, 0.1) is 27.7 Å². The van der Waals surface area contributed by atoms with Gasteiger partial charge >= 0.3 is 5.97 Å². The van der Waals surface area contributed by atoms with E-state index in [-0.39, 0.29) is 24.0 Å². The molecule has 27 heavy (non-hydrogen) atoms. The number of nitrogens with zero attached hydrogens (tertiary/aromatic N) is 1. The molecule has 0 radical (unpaired) electrons. The van der Waals surface area contributed by atoms with Gasteiger partial charge in [-0.05, 0) is 51.3 Å². The molecule has 1 heterocycles. The summed E-state index contributed by atoms with van der Waals surface area (Å²) in [6, 6.07) is 6.06. The van der Waals surface area contributed by atoms with Gasteiger partial charge in [0.15, 0.2) is 12.4 Å². The summed E-state index contributed by atoms with van der Waals surface area (Å²) in [5.41, 5.74) is 5.18. The summed E-state index contributed by atoms with van der Waals surface area (Å²) < 4.78 is 5.15. The normalized spacial score (nSPS) is 10.6. The number of esters is 1. The van der Waals surface area contributed by atoms with Gasteiger partial charge < -0.3 is 14.6 Å². The number of carbonyl (C=O) groups is 3. The van der Waals surface area contributed by atoms with E-state index >= 15 is 0 Å². The summed E-state index contributed by atoms with van der Waals surface area (Å²) >= 11 is 0. The number of ketones is 1. The second kappa shape index (κ2) is 8.20. The second-order valence-electron chi connectivity index (χ2n) is 6.94. The summed E-state index contributed by atoms with van der Waals surface area (Å²) in [5, 5.41) is 0. The van der Waals surface area contributed by atoms with Crippen molar-refractivity contribution in [2.45, 2.75) is 41.2 Å². The highest BCUT2D eigenvalue weighted by atomic mass is 16.5. The molecule has 1 N–H and O–H groups in total. The highest BCUT2D eigenvalue weighted by Gasteiger charge is 2.22. The van der Waals surface area contributed by atoms with Gasteiger partial charge in [0.1, 0.15) is 5.69 Å². The number of carbonyl (C=O) groups excluding carboxylic acids is 3. The van der Waals surface area contributed by atoms with Crippen LogP contribution in [0.25, 0.3) is 0 Å². The number of nitrogens with one attached hydrogen (secondary N) is 1. The highest BCUT2D eigenvalue weighted by molar-refractivity contribution is 6.01. The minimum absolute atomic E-state index is 0.121. The fourth-order valence-corrected chi connectivity index (χ4v) is 3.16. The maximum atomic E-state index is 12.3. The molecule has 0 saturated heterocycles. The third-order valence-electron chi connectivity index (χ3n) is 4.65. The van der Waals surface area contributed by atoms with Gasteiger partial charge in [0, 0.05) is 24.8 Å². The third kappa shape index (κ3) is 4.64. The van der Waals surface area contributed by atoms with Crippen molar-refractivity contribution in [1.29, 1.82) is 0 Å². The summed E-state index contributed by atoms with van der Waals surface area (Å²) in [4.78, 5) is 40.7. The van der Waals surface area contributed by atoms with Crippen molar-refractivity contribution in [2.24, 2.45) is 0 Å². The first-order chi connectivity index (χ1) is 12.6. The van der Waals surface area contributed by atoms with Crippen molar-refractivity contribution in [3.8, 4) is 0 Å². The molecule has 0 fully saturated rings. The molecule has 1 amide bonds. The van der Waals surface area contributed by atoms with Gasteiger partial charge in [-0.25, -0.2) is 4.79 Å². The Balaban J connectivity index is 1.99. The summed E-state index contributed by atoms with van der Waals surface area (Å²) in [7, 11) is 1.67. The molecule has 0 unspecified atom stereocenters. The molecule has 6 heteroatoms. The molecule has 0 saturated carbocycles. The topological polar surface area (TPSA) is 79.5 Å². The van der Waals surface area contributed by atoms with E-state index in [2.05, 4.69) is 11.1 Å². The van der Waals surface area contributed by atoms with Gasteiger partial charge in [0.25, 0.3) is 5.91 Å². The molecular formula is C21H26N2O4. The minimum Gasteiger partial charge on any atom is -0.451 e. The quantitative estimate of drug-likeness (QED) is 0.625. The molecule has 0 spiro atoms. The van der Waals surface area contributed by atoms with Crippen LogP contribution in [-0.2, 0) is 16.1 Å². The lowest BCUT2D eigenvalue weighted by Crippen LogP contribution is -2.31. The van der Waals surface area contributed by atoms with Crippen molar-refractivity contribution in [3.05, 3.63) is 57.4 Å². The van der Waals surface area contributed by atoms with Crippen molar-refractivity contribution in [2.75, 3.05) is 13.7 Å².